The van der Waals surface area contributed by atoms with Gasteiger partial charge in [-0.1, -0.05) is 13.3 Å². The maximum atomic E-state index is 11.2. The van der Waals surface area contributed by atoms with Gasteiger partial charge in [0, 0.05) is 13.1 Å². The van der Waals surface area contributed by atoms with E-state index in [-0.39, 0.29) is 12.3 Å². The van der Waals surface area contributed by atoms with E-state index in [1.807, 2.05) is 4.90 Å². The lowest BCUT2D eigenvalue weighted by molar-refractivity contribution is 0.0592. The van der Waals surface area contributed by atoms with Crippen molar-refractivity contribution in [2.45, 2.75) is 19.8 Å². The lowest BCUT2D eigenvalue weighted by Crippen LogP contribution is -2.29. The van der Waals surface area contributed by atoms with Gasteiger partial charge in [0.1, 0.15) is 0 Å². The molecule has 0 bridgehead atoms. The van der Waals surface area contributed by atoms with Gasteiger partial charge in [0.25, 0.3) is 0 Å². The molecule has 18 heavy (non-hydrogen) atoms. The fraction of sp³-hybridized carbons (Fsp3) is 0.583. The first-order valence-electron chi connectivity index (χ1n) is 6.00. The minimum Gasteiger partial charge on any atom is -0.464 e. The molecular weight excluding hydrogens is 234 g/mol. The third kappa shape index (κ3) is 3.96. The molecule has 0 atom stereocenters. The van der Waals surface area contributed by atoms with Gasteiger partial charge in [0.2, 0.25) is 0 Å². The lowest BCUT2D eigenvalue weighted by atomic mass is 10.3. The predicted octanol–water partition coefficient (Wildman–Crippen LogP) is 0.862. The number of carbonyl (C=O) groups excluding carboxylic acids is 1. The average molecular weight is 253 g/mol. The summed E-state index contributed by atoms with van der Waals surface area (Å²) >= 11 is 0. The Kier molecular flexibility index (Phi) is 6.07. The van der Waals surface area contributed by atoms with Gasteiger partial charge in [-0.15, -0.1) is 10.2 Å². The van der Waals surface area contributed by atoms with E-state index in [9.17, 15) is 4.79 Å². The molecule has 0 saturated heterocycles. The van der Waals surface area contributed by atoms with Gasteiger partial charge in [0.05, 0.1) is 13.7 Å². The summed E-state index contributed by atoms with van der Waals surface area (Å²) in [6.45, 7) is 3.48. The smallest absolute Gasteiger partial charge is 0.358 e. The van der Waals surface area contributed by atoms with Crippen molar-refractivity contribution in [3.8, 4) is 0 Å². The van der Waals surface area contributed by atoms with Crippen molar-refractivity contribution in [3.05, 3.63) is 17.8 Å². The van der Waals surface area contributed by atoms with Crippen LogP contribution in [0.4, 0.5) is 5.82 Å². The molecule has 1 aromatic heterocycles. The summed E-state index contributed by atoms with van der Waals surface area (Å²) in [4.78, 5) is 13.2. The number of unbranched alkanes of at least 4 members (excludes halogenated alkanes) is 1. The fourth-order valence-corrected chi connectivity index (χ4v) is 1.52. The summed E-state index contributed by atoms with van der Waals surface area (Å²) in [7, 11) is 1.30. The Morgan fingerprint density at radius 1 is 1.39 bits per heavy atom. The molecular formula is C12H19N3O3. The number of aliphatic hydroxyl groups excluding tert-OH is 1. The molecule has 0 aromatic carbocycles. The largest absolute Gasteiger partial charge is 0.464 e. The standard InChI is InChI=1S/C12H19N3O3/c1-3-4-7-15(8-9-16)11-6-5-10(13-14-11)12(17)18-2/h5-6,16H,3-4,7-9H2,1-2H3. The number of ether oxygens (including phenoxy) is 1. The molecule has 0 saturated carbocycles. The van der Waals surface area contributed by atoms with Crippen LogP contribution in [-0.2, 0) is 4.74 Å². The van der Waals surface area contributed by atoms with E-state index in [1.54, 1.807) is 12.1 Å². The van der Waals surface area contributed by atoms with E-state index in [2.05, 4.69) is 21.9 Å². The van der Waals surface area contributed by atoms with Crippen molar-refractivity contribution in [2.75, 3.05) is 31.7 Å². The number of hydrogen-bond acceptors (Lipinski definition) is 6. The molecule has 0 unspecified atom stereocenters. The van der Waals surface area contributed by atoms with Crippen LogP contribution in [0.25, 0.3) is 0 Å². The zero-order valence-corrected chi connectivity index (χ0v) is 10.8. The van der Waals surface area contributed by atoms with Gasteiger partial charge < -0.3 is 14.7 Å². The van der Waals surface area contributed by atoms with Crippen LogP contribution in [0.2, 0.25) is 0 Å². The minimum atomic E-state index is -0.503. The molecule has 0 spiro atoms. The van der Waals surface area contributed by atoms with Crippen LogP contribution >= 0.6 is 0 Å². The highest BCUT2D eigenvalue weighted by Crippen LogP contribution is 2.10. The van der Waals surface area contributed by atoms with Crippen molar-refractivity contribution in [3.63, 3.8) is 0 Å². The van der Waals surface area contributed by atoms with Crippen molar-refractivity contribution in [1.82, 2.24) is 10.2 Å². The first-order chi connectivity index (χ1) is 8.72. The predicted molar refractivity (Wildman–Crippen MR) is 67.6 cm³/mol. The number of rotatable bonds is 7. The second kappa shape index (κ2) is 7.60. The van der Waals surface area contributed by atoms with Gasteiger partial charge in [-0.05, 0) is 18.6 Å². The number of nitrogens with zero attached hydrogens (tertiary/aromatic N) is 3. The molecule has 100 valence electrons. The topological polar surface area (TPSA) is 75.5 Å². The Bertz CT molecular complexity index is 367. The van der Waals surface area contributed by atoms with Gasteiger partial charge in [-0.25, -0.2) is 4.79 Å². The Morgan fingerprint density at radius 3 is 2.67 bits per heavy atom. The normalized spacial score (nSPS) is 10.2. The number of esters is 1. The van der Waals surface area contributed by atoms with E-state index in [1.165, 1.54) is 7.11 Å². The average Bonchev–Trinajstić information content (AvgIpc) is 2.43. The monoisotopic (exact) mass is 253 g/mol. The van der Waals surface area contributed by atoms with Crippen LogP contribution in [0.3, 0.4) is 0 Å². The minimum absolute atomic E-state index is 0.0597. The summed E-state index contributed by atoms with van der Waals surface area (Å²) in [6, 6.07) is 3.29. The first-order valence-corrected chi connectivity index (χ1v) is 6.00. The summed E-state index contributed by atoms with van der Waals surface area (Å²) in [5.41, 5.74) is 0.181. The van der Waals surface area contributed by atoms with Crippen LogP contribution in [0.15, 0.2) is 12.1 Å². The zero-order valence-electron chi connectivity index (χ0n) is 10.8. The van der Waals surface area contributed by atoms with E-state index in [0.29, 0.717) is 12.4 Å². The number of aromatic nitrogens is 2. The molecule has 0 amide bonds. The van der Waals surface area contributed by atoms with E-state index >= 15 is 0 Å². The quantitative estimate of drug-likeness (QED) is 0.726. The number of carbonyl (C=O) groups is 1. The van der Waals surface area contributed by atoms with E-state index in [4.69, 9.17) is 5.11 Å². The van der Waals surface area contributed by atoms with Crippen LogP contribution in [0.1, 0.15) is 30.3 Å². The van der Waals surface area contributed by atoms with Gasteiger partial charge in [-0.3, -0.25) is 0 Å². The molecule has 6 heteroatoms. The highest BCUT2D eigenvalue weighted by Gasteiger charge is 2.11. The molecule has 0 aliphatic carbocycles. The Morgan fingerprint density at radius 2 is 2.17 bits per heavy atom. The van der Waals surface area contributed by atoms with Crippen LogP contribution < -0.4 is 4.90 Å². The van der Waals surface area contributed by atoms with E-state index in [0.717, 1.165) is 19.4 Å². The molecule has 0 aliphatic rings. The molecule has 1 heterocycles. The van der Waals surface area contributed by atoms with E-state index < -0.39 is 5.97 Å². The van der Waals surface area contributed by atoms with Crippen molar-refractivity contribution < 1.29 is 14.6 Å². The molecule has 0 aliphatic heterocycles. The molecule has 0 radical (unpaired) electrons. The van der Waals surface area contributed by atoms with Crippen LogP contribution in [0.5, 0.6) is 0 Å². The van der Waals surface area contributed by atoms with Crippen molar-refractivity contribution in [1.29, 1.82) is 0 Å². The number of anilines is 1. The molecule has 6 nitrogen and oxygen atoms in total. The summed E-state index contributed by atoms with van der Waals surface area (Å²) < 4.78 is 4.55. The number of aliphatic hydroxyl groups is 1. The third-order valence-corrected chi connectivity index (χ3v) is 2.52. The lowest BCUT2D eigenvalue weighted by Gasteiger charge is -2.21. The zero-order chi connectivity index (χ0) is 13.4. The molecule has 0 fully saturated rings. The van der Waals surface area contributed by atoms with Gasteiger partial charge in [-0.2, -0.15) is 0 Å². The van der Waals surface area contributed by atoms with Gasteiger partial charge in [0.15, 0.2) is 11.5 Å². The van der Waals surface area contributed by atoms with Crippen LogP contribution in [-0.4, -0.2) is 48.1 Å². The number of hydrogen-bond donors (Lipinski definition) is 1. The van der Waals surface area contributed by atoms with Crippen LogP contribution in [0, 0.1) is 0 Å². The highest BCUT2D eigenvalue weighted by atomic mass is 16.5. The Labute approximate surface area is 107 Å². The first kappa shape index (κ1) is 14.4. The maximum Gasteiger partial charge on any atom is 0.358 e. The van der Waals surface area contributed by atoms with Crippen molar-refractivity contribution >= 4 is 11.8 Å². The molecule has 1 rings (SSSR count). The summed E-state index contributed by atoms with van der Waals surface area (Å²) in [6.07, 6.45) is 2.08. The summed E-state index contributed by atoms with van der Waals surface area (Å²) in [5.74, 6) is 0.154. The SMILES string of the molecule is CCCCN(CCO)c1ccc(C(=O)OC)nn1. The fourth-order valence-electron chi connectivity index (χ4n) is 1.52. The van der Waals surface area contributed by atoms with Crippen molar-refractivity contribution in [2.24, 2.45) is 0 Å². The summed E-state index contributed by atoms with van der Waals surface area (Å²) in [5, 5.41) is 16.8. The highest BCUT2D eigenvalue weighted by molar-refractivity contribution is 5.86. The van der Waals surface area contributed by atoms with Gasteiger partial charge >= 0.3 is 5.97 Å². The molecule has 1 aromatic rings. The maximum absolute atomic E-state index is 11.2. The second-order valence-corrected chi connectivity index (χ2v) is 3.83. The molecule has 1 N–H and O–H groups in total. The number of methoxy groups -OCH3 is 1. The Balaban J connectivity index is 2.76. The Hall–Kier alpha value is -1.69. The second-order valence-electron chi connectivity index (χ2n) is 3.83. The third-order valence-electron chi connectivity index (χ3n) is 2.52.